The predicted molar refractivity (Wildman–Crippen MR) is 82.3 cm³/mol. The number of nitrogen functional groups attached to an aromatic ring is 1. The fourth-order valence-electron chi connectivity index (χ4n) is 1.84. The van der Waals surface area contributed by atoms with Crippen LogP contribution in [0.15, 0.2) is 18.2 Å². The van der Waals surface area contributed by atoms with E-state index >= 15 is 0 Å². The number of nitrogens with one attached hydrogen (secondary N) is 1. The van der Waals surface area contributed by atoms with Crippen LogP contribution in [-0.2, 0) is 14.6 Å². The first-order valence-corrected chi connectivity index (χ1v) is 8.39. The third-order valence-corrected chi connectivity index (χ3v) is 4.88. The van der Waals surface area contributed by atoms with Crippen LogP contribution in [0, 0.1) is 12.8 Å². The Morgan fingerprint density at radius 2 is 2.00 bits per heavy atom. The van der Waals surface area contributed by atoms with Crippen LogP contribution in [0.4, 0.5) is 11.4 Å². The monoisotopic (exact) mass is 298 g/mol. The molecule has 0 saturated heterocycles. The highest BCUT2D eigenvalue weighted by molar-refractivity contribution is 7.91. The molecule has 1 amide bonds. The Balaban J connectivity index is 2.59. The van der Waals surface area contributed by atoms with Crippen LogP contribution >= 0.6 is 0 Å². The van der Waals surface area contributed by atoms with E-state index < -0.39 is 9.84 Å². The van der Waals surface area contributed by atoms with Crippen molar-refractivity contribution in [1.29, 1.82) is 0 Å². The maximum Gasteiger partial charge on any atom is 0.225 e. The molecule has 0 fully saturated rings. The predicted octanol–water partition coefficient (Wildman–Crippen LogP) is 1.98. The van der Waals surface area contributed by atoms with Gasteiger partial charge in [0.05, 0.1) is 11.5 Å². The van der Waals surface area contributed by atoms with Crippen molar-refractivity contribution < 1.29 is 13.2 Å². The van der Waals surface area contributed by atoms with Gasteiger partial charge in [-0.1, -0.05) is 19.9 Å². The molecule has 0 radical (unpaired) electrons. The molecular weight excluding hydrogens is 276 g/mol. The highest BCUT2D eigenvalue weighted by Crippen LogP contribution is 2.20. The van der Waals surface area contributed by atoms with Crippen molar-refractivity contribution >= 4 is 27.1 Å². The Morgan fingerprint density at radius 3 is 2.60 bits per heavy atom. The summed E-state index contributed by atoms with van der Waals surface area (Å²) in [5, 5.41) is 2.69. The lowest BCUT2D eigenvalue weighted by Gasteiger charge is -2.10. The van der Waals surface area contributed by atoms with Crippen molar-refractivity contribution in [2.75, 3.05) is 22.6 Å². The summed E-state index contributed by atoms with van der Waals surface area (Å²) in [5.41, 5.74) is 7.74. The van der Waals surface area contributed by atoms with Gasteiger partial charge < -0.3 is 11.1 Å². The van der Waals surface area contributed by atoms with E-state index in [1.807, 2.05) is 13.8 Å². The largest absolute Gasteiger partial charge is 0.398 e. The van der Waals surface area contributed by atoms with E-state index in [1.54, 1.807) is 25.1 Å². The number of benzene rings is 1. The molecule has 0 aromatic heterocycles. The molecular formula is C14H22N2O3S. The number of amides is 1. The molecule has 0 bridgehead atoms. The van der Waals surface area contributed by atoms with Crippen LogP contribution in [0.3, 0.4) is 0 Å². The van der Waals surface area contributed by atoms with Gasteiger partial charge in [0.15, 0.2) is 9.84 Å². The first-order valence-electron chi connectivity index (χ1n) is 6.56. The third kappa shape index (κ3) is 5.21. The van der Waals surface area contributed by atoms with Crippen LogP contribution < -0.4 is 11.1 Å². The van der Waals surface area contributed by atoms with Gasteiger partial charge in [0, 0.05) is 17.8 Å². The van der Waals surface area contributed by atoms with Gasteiger partial charge in [-0.25, -0.2) is 8.42 Å². The first-order chi connectivity index (χ1) is 9.21. The average Bonchev–Trinajstić information content (AvgIpc) is 2.31. The van der Waals surface area contributed by atoms with Gasteiger partial charge in [0.2, 0.25) is 5.91 Å². The van der Waals surface area contributed by atoms with Gasteiger partial charge in [-0.3, -0.25) is 4.79 Å². The van der Waals surface area contributed by atoms with E-state index in [0.717, 1.165) is 5.56 Å². The standard InChI is InChI=1S/C14H22N2O3S/c1-10(2)9-20(18,19)8-7-14(17)16-13-6-4-5-12(15)11(13)3/h4-6,10H,7-9,15H2,1-3H3,(H,16,17). The topological polar surface area (TPSA) is 89.3 Å². The molecule has 0 atom stereocenters. The number of anilines is 2. The fraction of sp³-hybridized carbons (Fsp3) is 0.500. The summed E-state index contributed by atoms with van der Waals surface area (Å²) in [6.45, 7) is 5.49. The van der Waals surface area contributed by atoms with Crippen molar-refractivity contribution in [2.24, 2.45) is 5.92 Å². The molecule has 0 unspecified atom stereocenters. The van der Waals surface area contributed by atoms with E-state index in [4.69, 9.17) is 5.73 Å². The number of carbonyl (C=O) groups is 1. The lowest BCUT2D eigenvalue weighted by molar-refractivity contribution is -0.115. The second-order valence-corrected chi connectivity index (χ2v) is 7.55. The fourth-order valence-corrected chi connectivity index (χ4v) is 3.52. The number of sulfone groups is 1. The third-order valence-electron chi connectivity index (χ3n) is 2.88. The lowest BCUT2D eigenvalue weighted by atomic mass is 10.1. The maximum absolute atomic E-state index is 11.8. The van der Waals surface area contributed by atoms with Crippen molar-refractivity contribution in [1.82, 2.24) is 0 Å². The Labute approximate surface area is 120 Å². The Morgan fingerprint density at radius 1 is 1.35 bits per heavy atom. The number of rotatable bonds is 6. The normalized spacial score (nSPS) is 11.6. The Bertz CT molecular complexity index is 580. The van der Waals surface area contributed by atoms with Crippen LogP contribution in [-0.4, -0.2) is 25.8 Å². The zero-order chi connectivity index (χ0) is 15.3. The van der Waals surface area contributed by atoms with Gasteiger partial charge in [0.1, 0.15) is 0 Å². The molecule has 5 nitrogen and oxygen atoms in total. The minimum atomic E-state index is -3.17. The molecule has 3 N–H and O–H groups in total. The minimum absolute atomic E-state index is 0.0384. The van der Waals surface area contributed by atoms with Crippen molar-refractivity contribution in [3.63, 3.8) is 0 Å². The molecule has 0 aliphatic rings. The van der Waals surface area contributed by atoms with E-state index in [1.165, 1.54) is 0 Å². The summed E-state index contributed by atoms with van der Waals surface area (Å²) in [4.78, 5) is 11.8. The Kier molecular flexibility index (Phi) is 5.56. The zero-order valence-electron chi connectivity index (χ0n) is 12.1. The molecule has 112 valence electrons. The highest BCUT2D eigenvalue weighted by atomic mass is 32.2. The van der Waals surface area contributed by atoms with Crippen LogP contribution in [0.2, 0.25) is 0 Å². The summed E-state index contributed by atoms with van der Waals surface area (Å²) in [7, 11) is -3.17. The number of hydrogen-bond acceptors (Lipinski definition) is 4. The van der Waals surface area contributed by atoms with E-state index in [0.29, 0.717) is 11.4 Å². The second kappa shape index (κ2) is 6.74. The van der Waals surface area contributed by atoms with Crippen molar-refractivity contribution in [2.45, 2.75) is 27.2 Å². The minimum Gasteiger partial charge on any atom is -0.398 e. The molecule has 0 saturated carbocycles. The smallest absolute Gasteiger partial charge is 0.225 e. The summed E-state index contributed by atoms with van der Waals surface area (Å²) in [5.74, 6) is -0.263. The lowest BCUT2D eigenvalue weighted by Crippen LogP contribution is -2.21. The summed E-state index contributed by atoms with van der Waals surface area (Å²) >= 11 is 0. The summed E-state index contributed by atoms with van der Waals surface area (Å²) < 4.78 is 23.4. The zero-order valence-corrected chi connectivity index (χ0v) is 13.0. The Hall–Kier alpha value is -1.56. The van der Waals surface area contributed by atoms with Crippen LogP contribution in [0.5, 0.6) is 0 Å². The van der Waals surface area contributed by atoms with E-state index in [-0.39, 0.29) is 29.8 Å². The average molecular weight is 298 g/mol. The SMILES string of the molecule is Cc1c(N)cccc1NC(=O)CCS(=O)(=O)CC(C)C. The molecule has 1 aromatic carbocycles. The second-order valence-electron chi connectivity index (χ2n) is 5.33. The van der Waals surface area contributed by atoms with E-state index in [9.17, 15) is 13.2 Å². The molecule has 0 aliphatic heterocycles. The van der Waals surface area contributed by atoms with Gasteiger partial charge in [-0.05, 0) is 30.5 Å². The molecule has 20 heavy (non-hydrogen) atoms. The van der Waals surface area contributed by atoms with Gasteiger partial charge >= 0.3 is 0 Å². The highest BCUT2D eigenvalue weighted by Gasteiger charge is 2.16. The quantitative estimate of drug-likeness (QED) is 0.786. The maximum atomic E-state index is 11.8. The summed E-state index contributed by atoms with van der Waals surface area (Å²) in [6, 6.07) is 5.23. The molecule has 0 spiro atoms. The number of carbonyl (C=O) groups excluding carboxylic acids is 1. The first kappa shape index (κ1) is 16.5. The van der Waals surface area contributed by atoms with E-state index in [2.05, 4.69) is 5.32 Å². The van der Waals surface area contributed by atoms with Crippen LogP contribution in [0.1, 0.15) is 25.8 Å². The van der Waals surface area contributed by atoms with Gasteiger partial charge in [-0.2, -0.15) is 0 Å². The molecule has 1 rings (SSSR count). The summed E-state index contributed by atoms with van der Waals surface area (Å²) in [6.07, 6.45) is -0.0384. The van der Waals surface area contributed by atoms with Crippen molar-refractivity contribution in [3.05, 3.63) is 23.8 Å². The number of nitrogens with two attached hydrogens (primary N) is 1. The molecule has 0 heterocycles. The van der Waals surface area contributed by atoms with Gasteiger partial charge in [-0.15, -0.1) is 0 Å². The van der Waals surface area contributed by atoms with Crippen molar-refractivity contribution in [3.8, 4) is 0 Å². The molecule has 1 aromatic rings. The molecule has 6 heteroatoms. The van der Waals surface area contributed by atoms with Gasteiger partial charge in [0.25, 0.3) is 0 Å². The molecule has 0 aliphatic carbocycles. The number of hydrogen-bond donors (Lipinski definition) is 2. The van der Waals surface area contributed by atoms with Crippen LogP contribution in [0.25, 0.3) is 0 Å².